The second kappa shape index (κ2) is 6.12. The molecule has 0 saturated heterocycles. The number of halogens is 2. The van der Waals surface area contributed by atoms with E-state index in [9.17, 15) is 14.0 Å². The van der Waals surface area contributed by atoms with Gasteiger partial charge in [-0.25, -0.2) is 14.4 Å². The summed E-state index contributed by atoms with van der Waals surface area (Å²) in [6.45, 7) is 2.19. The second-order valence-corrected chi connectivity index (χ2v) is 7.71. The molecule has 0 bridgehead atoms. The number of nitrogens with one attached hydrogen (secondary N) is 1. The zero-order valence-electron chi connectivity index (χ0n) is 14.0. The summed E-state index contributed by atoms with van der Waals surface area (Å²) in [7, 11) is 0. The Balaban J connectivity index is 1.57. The van der Waals surface area contributed by atoms with E-state index in [4.69, 9.17) is 0 Å². The van der Waals surface area contributed by atoms with Gasteiger partial charge >= 0.3 is 0 Å². The predicted octanol–water partition coefficient (Wildman–Crippen LogP) is 2.89. The minimum atomic E-state index is -0.689. The van der Waals surface area contributed by atoms with Crippen LogP contribution in [0.4, 0.5) is 10.3 Å². The summed E-state index contributed by atoms with van der Waals surface area (Å²) in [6, 6.07) is 4.97. The number of hydrogen-bond acceptors (Lipinski definition) is 4. The van der Waals surface area contributed by atoms with E-state index in [-0.39, 0.29) is 17.3 Å². The molecule has 1 saturated carbocycles. The predicted molar refractivity (Wildman–Crippen MR) is 96.2 cm³/mol. The molecule has 1 aromatic heterocycles. The molecule has 1 N–H and O–H groups in total. The summed E-state index contributed by atoms with van der Waals surface area (Å²) in [6.07, 6.45) is 3.95. The van der Waals surface area contributed by atoms with Crippen LogP contribution in [0.3, 0.4) is 0 Å². The van der Waals surface area contributed by atoms with Crippen molar-refractivity contribution >= 4 is 33.7 Å². The van der Waals surface area contributed by atoms with E-state index >= 15 is 0 Å². The Morgan fingerprint density at radius 2 is 2.04 bits per heavy atom. The lowest BCUT2D eigenvalue weighted by Gasteiger charge is -2.37. The lowest BCUT2D eigenvalue weighted by atomic mass is 9.86. The summed E-state index contributed by atoms with van der Waals surface area (Å²) >= 11 is 3.47. The van der Waals surface area contributed by atoms with Crippen LogP contribution in [0.5, 0.6) is 0 Å². The Morgan fingerprint density at radius 3 is 2.69 bits per heavy atom. The molecule has 2 heterocycles. The van der Waals surface area contributed by atoms with Gasteiger partial charge in [-0.05, 0) is 43.5 Å². The van der Waals surface area contributed by atoms with Gasteiger partial charge in [0.05, 0.1) is 12.4 Å². The fourth-order valence-electron chi connectivity index (χ4n) is 3.40. The number of amides is 2. The zero-order chi connectivity index (χ0) is 18.5. The van der Waals surface area contributed by atoms with Crippen LogP contribution < -0.4 is 5.32 Å². The first-order valence-electron chi connectivity index (χ1n) is 8.29. The van der Waals surface area contributed by atoms with Crippen molar-refractivity contribution in [2.75, 3.05) is 11.9 Å². The molecule has 134 valence electrons. The fourth-order valence-corrected chi connectivity index (χ4v) is 3.76. The molecule has 2 aliphatic rings. The van der Waals surface area contributed by atoms with Crippen molar-refractivity contribution in [3.05, 3.63) is 52.0 Å². The van der Waals surface area contributed by atoms with Crippen molar-refractivity contribution in [2.24, 2.45) is 0 Å². The standard InChI is InChI=1S/C18H16BrFN4O2/c1-10(15(25)23-17-21-7-12(20)8-22-17)24-9-18(4-5-18)14-6-11(19)2-3-13(14)16(24)26/h2-3,6-8,10H,4-5,9H2,1H3,(H,21,22,23,25). The van der Waals surface area contributed by atoms with Gasteiger partial charge in [0.25, 0.3) is 5.91 Å². The van der Waals surface area contributed by atoms with Gasteiger partial charge in [-0.2, -0.15) is 0 Å². The Labute approximate surface area is 158 Å². The average Bonchev–Trinajstić information content (AvgIpc) is 3.40. The molecule has 0 radical (unpaired) electrons. The van der Waals surface area contributed by atoms with Crippen LogP contribution in [0.1, 0.15) is 35.7 Å². The van der Waals surface area contributed by atoms with Crippen molar-refractivity contribution < 1.29 is 14.0 Å². The first-order valence-corrected chi connectivity index (χ1v) is 9.08. The van der Waals surface area contributed by atoms with E-state index in [1.165, 1.54) is 0 Å². The highest BCUT2D eigenvalue weighted by Gasteiger charge is 2.52. The molecular formula is C18H16BrFN4O2. The molecule has 2 aromatic rings. The van der Waals surface area contributed by atoms with E-state index in [1.54, 1.807) is 11.8 Å². The minimum Gasteiger partial charge on any atom is -0.326 e. The number of benzene rings is 1. The van der Waals surface area contributed by atoms with Crippen LogP contribution in [-0.2, 0) is 10.2 Å². The third-order valence-corrected chi connectivity index (χ3v) is 5.57. The van der Waals surface area contributed by atoms with Crippen LogP contribution in [0.15, 0.2) is 35.1 Å². The van der Waals surface area contributed by atoms with Gasteiger partial charge < -0.3 is 4.90 Å². The topological polar surface area (TPSA) is 75.2 Å². The maximum atomic E-state index is 12.9. The van der Waals surface area contributed by atoms with Crippen molar-refractivity contribution in [3.63, 3.8) is 0 Å². The number of aromatic nitrogens is 2. The first-order chi connectivity index (χ1) is 12.4. The van der Waals surface area contributed by atoms with Crippen LogP contribution in [0.2, 0.25) is 0 Å². The molecule has 1 unspecified atom stereocenters. The zero-order valence-corrected chi connectivity index (χ0v) is 15.6. The van der Waals surface area contributed by atoms with Gasteiger partial charge in [-0.3, -0.25) is 14.9 Å². The van der Waals surface area contributed by atoms with Gasteiger partial charge in [0.1, 0.15) is 6.04 Å². The third kappa shape index (κ3) is 2.88. The molecule has 2 amide bonds. The molecule has 4 rings (SSSR count). The lowest BCUT2D eigenvalue weighted by molar-refractivity contribution is -0.120. The monoisotopic (exact) mass is 418 g/mol. The van der Waals surface area contributed by atoms with E-state index in [0.717, 1.165) is 35.3 Å². The van der Waals surface area contributed by atoms with Gasteiger partial charge in [-0.15, -0.1) is 0 Å². The fraction of sp³-hybridized carbons (Fsp3) is 0.333. The molecule has 1 spiro atoms. The van der Waals surface area contributed by atoms with Crippen molar-refractivity contribution in [1.82, 2.24) is 14.9 Å². The minimum absolute atomic E-state index is 0.0122. The Bertz CT molecular complexity index is 899. The highest BCUT2D eigenvalue weighted by atomic mass is 79.9. The number of carbonyl (C=O) groups excluding carboxylic acids is 2. The summed E-state index contributed by atoms with van der Waals surface area (Å²) < 4.78 is 13.8. The maximum Gasteiger partial charge on any atom is 0.254 e. The summed E-state index contributed by atoms with van der Waals surface area (Å²) in [5.41, 5.74) is 1.64. The van der Waals surface area contributed by atoms with Crippen LogP contribution in [-0.4, -0.2) is 39.3 Å². The van der Waals surface area contributed by atoms with Crippen molar-refractivity contribution in [3.8, 4) is 0 Å². The van der Waals surface area contributed by atoms with Crippen LogP contribution in [0, 0.1) is 5.82 Å². The van der Waals surface area contributed by atoms with E-state index in [2.05, 4.69) is 31.2 Å². The largest absolute Gasteiger partial charge is 0.326 e. The molecule has 1 aromatic carbocycles. The SMILES string of the molecule is CC(C(=O)Nc1ncc(F)cn1)N1CC2(CC2)c2cc(Br)ccc2C1=O. The van der Waals surface area contributed by atoms with Gasteiger partial charge in [0.15, 0.2) is 5.82 Å². The highest BCUT2D eigenvalue weighted by molar-refractivity contribution is 9.10. The van der Waals surface area contributed by atoms with Gasteiger partial charge in [-0.1, -0.05) is 15.9 Å². The van der Waals surface area contributed by atoms with Crippen molar-refractivity contribution in [1.29, 1.82) is 0 Å². The Hall–Kier alpha value is -2.35. The molecule has 26 heavy (non-hydrogen) atoms. The second-order valence-electron chi connectivity index (χ2n) is 6.79. The first kappa shape index (κ1) is 17.1. The number of carbonyl (C=O) groups is 2. The summed E-state index contributed by atoms with van der Waals surface area (Å²) in [4.78, 5) is 34.5. The number of nitrogens with zero attached hydrogens (tertiary/aromatic N) is 3. The van der Waals surface area contributed by atoms with Gasteiger partial charge in [0, 0.05) is 22.0 Å². The molecule has 1 fully saturated rings. The lowest BCUT2D eigenvalue weighted by Crippen LogP contribution is -2.52. The highest BCUT2D eigenvalue weighted by Crippen LogP contribution is 2.53. The Kier molecular flexibility index (Phi) is 4.02. The van der Waals surface area contributed by atoms with Crippen LogP contribution >= 0.6 is 15.9 Å². The molecule has 1 atom stereocenters. The maximum absolute atomic E-state index is 12.9. The van der Waals surface area contributed by atoms with E-state index in [0.29, 0.717) is 12.1 Å². The molecule has 8 heteroatoms. The molecule has 1 aliphatic heterocycles. The quantitative estimate of drug-likeness (QED) is 0.831. The van der Waals surface area contributed by atoms with E-state index in [1.807, 2.05) is 18.2 Å². The molecule has 1 aliphatic carbocycles. The Morgan fingerprint density at radius 1 is 1.35 bits per heavy atom. The van der Waals surface area contributed by atoms with Gasteiger partial charge in [0.2, 0.25) is 11.9 Å². The third-order valence-electron chi connectivity index (χ3n) is 5.07. The number of hydrogen-bond donors (Lipinski definition) is 1. The smallest absolute Gasteiger partial charge is 0.254 e. The summed E-state index contributed by atoms with van der Waals surface area (Å²) in [5.74, 6) is -1.13. The van der Waals surface area contributed by atoms with Crippen molar-refractivity contribution in [2.45, 2.75) is 31.2 Å². The average molecular weight is 419 g/mol. The summed E-state index contributed by atoms with van der Waals surface area (Å²) in [5, 5.41) is 2.54. The van der Waals surface area contributed by atoms with E-state index < -0.39 is 17.8 Å². The number of rotatable bonds is 3. The number of anilines is 1. The number of fused-ring (bicyclic) bond motifs is 2. The normalized spacial score (nSPS) is 18.4. The molecule has 6 nitrogen and oxygen atoms in total. The molecular weight excluding hydrogens is 403 g/mol. The van der Waals surface area contributed by atoms with Crippen LogP contribution in [0.25, 0.3) is 0 Å².